The first-order valence-electron chi connectivity index (χ1n) is 9.75. The minimum atomic E-state index is -5.08. The van der Waals surface area contributed by atoms with E-state index in [1.54, 1.807) is 18.2 Å². The van der Waals surface area contributed by atoms with E-state index >= 15 is 0 Å². The Bertz CT molecular complexity index is 1020. The molecule has 1 atom stereocenters. The number of esters is 1. The standard InChI is InChI=1S/C17H21N5O3.C2HF3O2/c18-10-1-2-12-13(7-10)21-22-14(12)15(23)20-9-11-8-17(16(24)25-11)3-5-19-6-4-17;3-2(4,5)1(6)7/h1-2,7,11,19H,3-6,8-9,18H2,(H,20,23)(H,21,22);(H,6,7). The summed E-state index contributed by atoms with van der Waals surface area (Å²) in [5.74, 6) is -3.18. The van der Waals surface area contributed by atoms with E-state index in [2.05, 4.69) is 20.8 Å². The zero-order valence-electron chi connectivity index (χ0n) is 16.8. The highest BCUT2D eigenvalue weighted by atomic mass is 19.4. The number of aliphatic carboxylic acids is 1. The predicted molar refractivity (Wildman–Crippen MR) is 106 cm³/mol. The van der Waals surface area contributed by atoms with Gasteiger partial charge in [-0.25, -0.2) is 4.79 Å². The number of carboxylic acids is 1. The van der Waals surface area contributed by atoms with Gasteiger partial charge in [0.2, 0.25) is 0 Å². The molecule has 32 heavy (non-hydrogen) atoms. The number of nitrogen functional groups attached to an aromatic ring is 1. The number of aromatic amines is 1. The number of anilines is 1. The van der Waals surface area contributed by atoms with E-state index in [4.69, 9.17) is 20.4 Å². The number of hydrogen-bond donors (Lipinski definition) is 5. The lowest BCUT2D eigenvalue weighted by atomic mass is 9.76. The van der Waals surface area contributed by atoms with Crippen molar-refractivity contribution < 1.29 is 37.4 Å². The number of carbonyl (C=O) groups is 3. The Morgan fingerprint density at radius 1 is 1.31 bits per heavy atom. The molecule has 1 amide bonds. The molecule has 2 aliphatic heterocycles. The maximum Gasteiger partial charge on any atom is 0.490 e. The fraction of sp³-hybridized carbons (Fsp3) is 0.474. The zero-order chi connectivity index (χ0) is 23.5. The zero-order valence-corrected chi connectivity index (χ0v) is 16.8. The number of benzene rings is 1. The molecule has 0 radical (unpaired) electrons. The number of halogens is 3. The van der Waals surface area contributed by atoms with Gasteiger partial charge in [0.05, 0.1) is 17.5 Å². The Balaban J connectivity index is 0.000000360. The second kappa shape index (κ2) is 9.02. The SMILES string of the molecule is Nc1ccc2c(C(=O)NCC3CC4(CCNCC4)C(=O)O3)n[nH]c2c1.O=C(O)C(F)(F)F. The predicted octanol–water partition coefficient (Wildman–Crippen LogP) is 1.19. The molecule has 4 rings (SSSR count). The van der Waals surface area contributed by atoms with Crippen LogP contribution < -0.4 is 16.4 Å². The Morgan fingerprint density at radius 2 is 1.97 bits per heavy atom. The van der Waals surface area contributed by atoms with Crippen LogP contribution in [0.15, 0.2) is 18.2 Å². The van der Waals surface area contributed by atoms with Crippen molar-refractivity contribution in [1.82, 2.24) is 20.8 Å². The number of carbonyl (C=O) groups excluding carboxylic acids is 2. The van der Waals surface area contributed by atoms with Gasteiger partial charge in [0, 0.05) is 17.5 Å². The minimum absolute atomic E-state index is 0.131. The molecule has 0 bridgehead atoms. The largest absolute Gasteiger partial charge is 0.490 e. The van der Waals surface area contributed by atoms with Crippen molar-refractivity contribution in [2.45, 2.75) is 31.5 Å². The number of piperidine rings is 1. The van der Waals surface area contributed by atoms with E-state index in [0.29, 0.717) is 35.2 Å². The van der Waals surface area contributed by atoms with Crippen LogP contribution in [0, 0.1) is 5.41 Å². The van der Waals surface area contributed by atoms with Crippen molar-refractivity contribution in [3.05, 3.63) is 23.9 Å². The number of cyclic esters (lactones) is 1. The van der Waals surface area contributed by atoms with Gasteiger partial charge >= 0.3 is 18.1 Å². The number of carboxylic acid groups (broad SMARTS) is 1. The normalized spacial score (nSPS) is 19.8. The third-order valence-corrected chi connectivity index (χ3v) is 5.42. The molecule has 0 saturated carbocycles. The van der Waals surface area contributed by atoms with Gasteiger partial charge in [0.1, 0.15) is 6.10 Å². The monoisotopic (exact) mass is 457 g/mol. The summed E-state index contributed by atoms with van der Waals surface area (Å²) in [4.78, 5) is 33.6. The van der Waals surface area contributed by atoms with Crippen LogP contribution in [0.5, 0.6) is 0 Å². The average Bonchev–Trinajstić information content (AvgIpc) is 3.27. The Morgan fingerprint density at radius 3 is 2.59 bits per heavy atom. The van der Waals surface area contributed by atoms with Gasteiger partial charge in [-0.3, -0.25) is 14.7 Å². The quantitative estimate of drug-likeness (QED) is 0.340. The number of alkyl halides is 3. The number of rotatable bonds is 3. The van der Waals surface area contributed by atoms with Crippen molar-refractivity contribution in [2.24, 2.45) is 5.41 Å². The summed E-state index contributed by atoms with van der Waals surface area (Å²) in [6.45, 7) is 1.95. The number of ether oxygens (including phenoxy) is 1. The average molecular weight is 457 g/mol. The van der Waals surface area contributed by atoms with Crippen molar-refractivity contribution >= 4 is 34.4 Å². The van der Waals surface area contributed by atoms with Crippen LogP contribution in [0.4, 0.5) is 18.9 Å². The Hall–Kier alpha value is -3.35. The van der Waals surface area contributed by atoms with Crippen LogP contribution in [-0.2, 0) is 14.3 Å². The lowest BCUT2D eigenvalue weighted by Crippen LogP contribution is -2.39. The molecule has 13 heteroatoms. The molecule has 2 saturated heterocycles. The third kappa shape index (κ3) is 5.10. The first-order chi connectivity index (χ1) is 15.0. The number of hydrogen-bond acceptors (Lipinski definition) is 7. The van der Waals surface area contributed by atoms with Gasteiger partial charge in [0.15, 0.2) is 5.69 Å². The molecular weight excluding hydrogens is 435 g/mol. The second-order valence-corrected chi connectivity index (χ2v) is 7.65. The first-order valence-corrected chi connectivity index (χ1v) is 9.75. The summed E-state index contributed by atoms with van der Waals surface area (Å²) in [6, 6.07) is 5.23. The molecule has 1 unspecified atom stereocenters. The van der Waals surface area contributed by atoms with Crippen molar-refractivity contribution in [3.63, 3.8) is 0 Å². The van der Waals surface area contributed by atoms with E-state index in [1.165, 1.54) is 0 Å². The van der Waals surface area contributed by atoms with E-state index < -0.39 is 12.1 Å². The third-order valence-electron chi connectivity index (χ3n) is 5.42. The summed E-state index contributed by atoms with van der Waals surface area (Å²) >= 11 is 0. The Labute approximate surface area is 179 Å². The summed E-state index contributed by atoms with van der Waals surface area (Å²) in [7, 11) is 0. The van der Waals surface area contributed by atoms with Gasteiger partial charge in [0.25, 0.3) is 5.91 Å². The highest BCUT2D eigenvalue weighted by molar-refractivity contribution is 6.05. The molecule has 3 heterocycles. The highest BCUT2D eigenvalue weighted by Gasteiger charge is 2.49. The molecule has 1 aromatic carbocycles. The lowest BCUT2D eigenvalue weighted by Gasteiger charge is -2.29. The summed E-state index contributed by atoms with van der Waals surface area (Å²) in [5.41, 5.74) is 6.99. The maximum atomic E-state index is 12.4. The van der Waals surface area contributed by atoms with Crippen LogP contribution in [0.3, 0.4) is 0 Å². The summed E-state index contributed by atoms with van der Waals surface area (Å²) < 4.78 is 37.2. The van der Waals surface area contributed by atoms with Crippen LogP contribution >= 0.6 is 0 Å². The number of nitrogens with zero attached hydrogens (tertiary/aromatic N) is 1. The van der Waals surface area contributed by atoms with E-state index in [1.807, 2.05) is 0 Å². The topological polar surface area (TPSA) is 159 Å². The fourth-order valence-electron chi connectivity index (χ4n) is 3.77. The molecular formula is C19H22F3N5O5. The molecule has 2 aromatic rings. The molecule has 2 fully saturated rings. The number of amides is 1. The number of H-pyrrole nitrogens is 1. The first kappa shape index (κ1) is 23.3. The second-order valence-electron chi connectivity index (χ2n) is 7.65. The van der Waals surface area contributed by atoms with Crippen LogP contribution in [-0.4, -0.2) is 65.1 Å². The molecule has 1 aromatic heterocycles. The van der Waals surface area contributed by atoms with Gasteiger partial charge in [-0.15, -0.1) is 0 Å². The molecule has 0 aliphatic carbocycles. The summed E-state index contributed by atoms with van der Waals surface area (Å²) in [5, 5.41) is 20.8. The molecule has 174 valence electrons. The summed E-state index contributed by atoms with van der Waals surface area (Å²) in [6.07, 6.45) is -3.12. The van der Waals surface area contributed by atoms with Crippen LogP contribution in [0.1, 0.15) is 29.8 Å². The van der Waals surface area contributed by atoms with Crippen LogP contribution in [0.25, 0.3) is 10.9 Å². The number of aromatic nitrogens is 2. The lowest BCUT2D eigenvalue weighted by molar-refractivity contribution is -0.192. The van der Waals surface area contributed by atoms with Crippen molar-refractivity contribution in [3.8, 4) is 0 Å². The van der Waals surface area contributed by atoms with Gasteiger partial charge in [-0.05, 0) is 44.1 Å². The van der Waals surface area contributed by atoms with E-state index in [0.717, 1.165) is 25.9 Å². The smallest absolute Gasteiger partial charge is 0.475 e. The van der Waals surface area contributed by atoms with Crippen LogP contribution in [0.2, 0.25) is 0 Å². The number of nitrogens with two attached hydrogens (primary N) is 1. The number of nitrogens with one attached hydrogen (secondary N) is 3. The Kier molecular flexibility index (Phi) is 6.57. The van der Waals surface area contributed by atoms with Gasteiger partial charge in [-0.2, -0.15) is 18.3 Å². The van der Waals surface area contributed by atoms with E-state index in [-0.39, 0.29) is 23.4 Å². The minimum Gasteiger partial charge on any atom is -0.475 e. The van der Waals surface area contributed by atoms with E-state index in [9.17, 15) is 22.8 Å². The molecule has 2 aliphatic rings. The fourth-order valence-corrected chi connectivity index (χ4v) is 3.77. The maximum absolute atomic E-state index is 12.4. The van der Waals surface area contributed by atoms with Gasteiger partial charge in [-0.1, -0.05) is 0 Å². The van der Waals surface area contributed by atoms with Gasteiger partial charge < -0.3 is 26.2 Å². The molecule has 10 nitrogen and oxygen atoms in total. The van der Waals surface area contributed by atoms with Crippen molar-refractivity contribution in [2.75, 3.05) is 25.4 Å². The molecule has 6 N–H and O–H groups in total. The number of fused-ring (bicyclic) bond motifs is 1. The molecule has 1 spiro atoms. The highest BCUT2D eigenvalue weighted by Crippen LogP contribution is 2.41. The van der Waals surface area contributed by atoms with Crippen molar-refractivity contribution in [1.29, 1.82) is 0 Å².